The minimum atomic E-state index is -3.61. The Labute approximate surface area is 178 Å². The molecule has 2 heterocycles. The molecule has 3 rings (SSSR count). The molecule has 1 N–H and O–H groups in total. The number of sulfonamides is 1. The van der Waals surface area contributed by atoms with Crippen LogP contribution >= 0.6 is 22.9 Å². The van der Waals surface area contributed by atoms with Crippen molar-refractivity contribution in [1.29, 1.82) is 0 Å². The van der Waals surface area contributed by atoms with Gasteiger partial charge in [0, 0.05) is 23.7 Å². The van der Waals surface area contributed by atoms with Gasteiger partial charge in [0.2, 0.25) is 5.91 Å². The molecule has 156 valence electrons. The molecular formula is C19H21ClN2O5S2. The van der Waals surface area contributed by atoms with Crippen LogP contribution in [0.15, 0.2) is 34.5 Å². The van der Waals surface area contributed by atoms with Crippen molar-refractivity contribution in [2.24, 2.45) is 5.92 Å². The fraction of sp³-hybridized carbons (Fsp3) is 0.368. The maximum atomic E-state index is 12.9. The molecule has 0 bridgehead atoms. The van der Waals surface area contributed by atoms with Crippen molar-refractivity contribution >= 4 is 50.5 Å². The summed E-state index contributed by atoms with van der Waals surface area (Å²) >= 11 is 7.22. The third-order valence-electron chi connectivity index (χ3n) is 4.70. The minimum Gasteiger partial charge on any atom is -0.465 e. The number of methoxy groups -OCH3 is 1. The van der Waals surface area contributed by atoms with Crippen molar-refractivity contribution in [3.8, 4) is 0 Å². The molecule has 1 atom stereocenters. The van der Waals surface area contributed by atoms with Crippen molar-refractivity contribution in [3.63, 3.8) is 0 Å². The lowest BCUT2D eigenvalue weighted by molar-refractivity contribution is -0.120. The van der Waals surface area contributed by atoms with E-state index in [1.165, 1.54) is 34.9 Å². The van der Waals surface area contributed by atoms with Gasteiger partial charge in [0.05, 0.1) is 23.6 Å². The van der Waals surface area contributed by atoms with Crippen LogP contribution in [0, 0.1) is 12.8 Å². The molecule has 0 radical (unpaired) electrons. The first-order chi connectivity index (χ1) is 13.7. The number of piperidine rings is 1. The number of carbonyl (C=O) groups excluding carboxylic acids is 2. The van der Waals surface area contributed by atoms with Crippen LogP contribution in [0.3, 0.4) is 0 Å². The highest BCUT2D eigenvalue weighted by Gasteiger charge is 2.34. The first-order valence-corrected chi connectivity index (χ1v) is 11.6. The number of nitrogens with zero attached hydrogens (tertiary/aromatic N) is 1. The monoisotopic (exact) mass is 456 g/mol. The van der Waals surface area contributed by atoms with E-state index < -0.39 is 21.9 Å². The van der Waals surface area contributed by atoms with Gasteiger partial charge in [-0.05, 0) is 50.1 Å². The third-order valence-corrected chi connectivity index (χ3v) is 8.37. The Balaban J connectivity index is 1.73. The topological polar surface area (TPSA) is 92.8 Å². The predicted molar refractivity (Wildman–Crippen MR) is 112 cm³/mol. The Morgan fingerprint density at radius 1 is 1.28 bits per heavy atom. The summed E-state index contributed by atoms with van der Waals surface area (Å²) in [5.41, 5.74) is 0.543. The summed E-state index contributed by atoms with van der Waals surface area (Å²) in [4.78, 5) is 25.4. The molecule has 7 nitrogen and oxygen atoms in total. The number of nitrogens with one attached hydrogen (secondary N) is 1. The highest BCUT2D eigenvalue weighted by atomic mass is 35.5. The number of hydrogen-bond acceptors (Lipinski definition) is 6. The molecule has 1 fully saturated rings. The molecule has 1 amide bonds. The molecule has 1 aromatic heterocycles. The Morgan fingerprint density at radius 2 is 2.03 bits per heavy atom. The number of carbonyl (C=O) groups is 2. The van der Waals surface area contributed by atoms with E-state index in [0.29, 0.717) is 25.1 Å². The van der Waals surface area contributed by atoms with E-state index in [-0.39, 0.29) is 27.2 Å². The van der Waals surface area contributed by atoms with Gasteiger partial charge >= 0.3 is 5.97 Å². The summed E-state index contributed by atoms with van der Waals surface area (Å²) in [5.74, 6) is -1.39. The van der Waals surface area contributed by atoms with Crippen LogP contribution < -0.4 is 5.32 Å². The lowest BCUT2D eigenvalue weighted by Gasteiger charge is -2.30. The molecule has 1 saturated heterocycles. The molecule has 2 aromatic rings. The zero-order chi connectivity index (χ0) is 21.2. The van der Waals surface area contributed by atoms with E-state index in [9.17, 15) is 18.0 Å². The number of ether oxygens (including phenoxy) is 1. The van der Waals surface area contributed by atoms with Crippen molar-refractivity contribution in [1.82, 2.24) is 4.31 Å². The predicted octanol–water partition coefficient (Wildman–Crippen LogP) is 3.54. The quantitative estimate of drug-likeness (QED) is 0.694. The van der Waals surface area contributed by atoms with Crippen molar-refractivity contribution in [3.05, 3.63) is 45.8 Å². The number of esters is 1. The van der Waals surface area contributed by atoms with Gasteiger partial charge in [-0.3, -0.25) is 4.79 Å². The van der Waals surface area contributed by atoms with Gasteiger partial charge in [-0.1, -0.05) is 11.6 Å². The van der Waals surface area contributed by atoms with Gasteiger partial charge in [0.1, 0.15) is 4.21 Å². The molecular weight excluding hydrogens is 436 g/mol. The van der Waals surface area contributed by atoms with E-state index >= 15 is 0 Å². The molecule has 1 aliphatic heterocycles. The number of thiophene rings is 1. The smallest absolute Gasteiger partial charge is 0.339 e. The average molecular weight is 457 g/mol. The standard InChI is InChI=1S/C19H21ClN2O5S2/c1-12-5-8-17(28-12)29(25,26)22-9-3-4-13(11-22)18(23)21-14-6-7-16(20)15(10-14)19(24)27-2/h5-8,10,13H,3-4,9,11H2,1-2H3,(H,21,23). The molecule has 29 heavy (non-hydrogen) atoms. The second-order valence-corrected chi connectivity index (χ2v) is 10.6. The highest BCUT2D eigenvalue weighted by Crippen LogP contribution is 2.29. The van der Waals surface area contributed by atoms with E-state index in [2.05, 4.69) is 10.1 Å². The van der Waals surface area contributed by atoms with E-state index in [1.54, 1.807) is 18.2 Å². The summed E-state index contributed by atoms with van der Waals surface area (Å²) in [6.45, 7) is 2.35. The first-order valence-electron chi connectivity index (χ1n) is 8.97. The Morgan fingerprint density at radius 3 is 2.69 bits per heavy atom. The minimum absolute atomic E-state index is 0.114. The van der Waals surface area contributed by atoms with Gasteiger partial charge in [-0.15, -0.1) is 11.3 Å². The Hall–Kier alpha value is -1.94. The molecule has 1 aliphatic rings. The van der Waals surface area contributed by atoms with E-state index in [1.807, 2.05) is 6.92 Å². The Bertz CT molecular complexity index is 1030. The van der Waals surface area contributed by atoms with Crippen LogP contribution in [0.5, 0.6) is 0 Å². The maximum absolute atomic E-state index is 12.9. The summed E-state index contributed by atoms with van der Waals surface area (Å²) in [7, 11) is -2.37. The zero-order valence-corrected chi connectivity index (χ0v) is 18.4. The van der Waals surface area contributed by atoms with Crippen LogP contribution in [0.25, 0.3) is 0 Å². The number of benzene rings is 1. The molecule has 0 spiro atoms. The second-order valence-electron chi connectivity index (χ2n) is 6.74. The van der Waals surface area contributed by atoms with E-state index in [4.69, 9.17) is 11.6 Å². The van der Waals surface area contributed by atoms with Crippen molar-refractivity contribution in [2.75, 3.05) is 25.5 Å². The van der Waals surface area contributed by atoms with Gasteiger partial charge < -0.3 is 10.1 Å². The van der Waals surface area contributed by atoms with Crippen molar-refractivity contribution < 1.29 is 22.7 Å². The third kappa shape index (κ3) is 4.80. The van der Waals surface area contributed by atoms with Crippen LogP contribution in [0.2, 0.25) is 5.02 Å². The number of rotatable bonds is 5. The fourth-order valence-electron chi connectivity index (χ4n) is 3.17. The van der Waals surface area contributed by atoms with Gasteiger partial charge in [-0.25, -0.2) is 13.2 Å². The molecule has 0 aliphatic carbocycles. The van der Waals surface area contributed by atoms with Crippen LogP contribution in [-0.4, -0.2) is 44.8 Å². The SMILES string of the molecule is COC(=O)c1cc(NC(=O)C2CCCN(S(=O)(=O)c3ccc(C)s3)C2)ccc1Cl. The number of aryl methyl sites for hydroxylation is 1. The lowest BCUT2D eigenvalue weighted by Crippen LogP contribution is -2.43. The molecule has 1 unspecified atom stereocenters. The van der Waals surface area contributed by atoms with Gasteiger partial charge in [0.15, 0.2) is 0 Å². The molecule has 10 heteroatoms. The largest absolute Gasteiger partial charge is 0.465 e. The summed E-state index contributed by atoms with van der Waals surface area (Å²) in [6, 6.07) is 7.89. The summed E-state index contributed by atoms with van der Waals surface area (Å²) in [5, 5.41) is 2.97. The number of halogens is 1. The van der Waals surface area contributed by atoms with Crippen LogP contribution in [-0.2, 0) is 19.6 Å². The highest BCUT2D eigenvalue weighted by molar-refractivity contribution is 7.91. The number of anilines is 1. The summed E-state index contributed by atoms with van der Waals surface area (Å²) < 4.78 is 32.0. The molecule has 1 aromatic carbocycles. The van der Waals surface area contributed by atoms with Crippen LogP contribution in [0.1, 0.15) is 28.1 Å². The lowest BCUT2D eigenvalue weighted by atomic mass is 9.98. The van der Waals surface area contributed by atoms with Crippen LogP contribution in [0.4, 0.5) is 5.69 Å². The molecule has 0 saturated carbocycles. The van der Waals surface area contributed by atoms with Gasteiger partial charge in [0.25, 0.3) is 10.0 Å². The number of hydrogen-bond donors (Lipinski definition) is 1. The fourth-order valence-corrected chi connectivity index (χ4v) is 6.32. The second kappa shape index (κ2) is 8.83. The normalized spacial score (nSPS) is 17.7. The van der Waals surface area contributed by atoms with E-state index in [0.717, 1.165) is 4.88 Å². The van der Waals surface area contributed by atoms with Crippen molar-refractivity contribution in [2.45, 2.75) is 24.0 Å². The number of amides is 1. The first kappa shape index (κ1) is 21.8. The zero-order valence-electron chi connectivity index (χ0n) is 16.0. The van der Waals surface area contributed by atoms with Gasteiger partial charge in [-0.2, -0.15) is 4.31 Å². The maximum Gasteiger partial charge on any atom is 0.339 e. The summed E-state index contributed by atoms with van der Waals surface area (Å²) in [6.07, 6.45) is 1.18. The Kier molecular flexibility index (Phi) is 6.62. The average Bonchev–Trinajstić information content (AvgIpc) is 3.16.